The third-order valence-electron chi connectivity index (χ3n) is 6.19. The van der Waals surface area contributed by atoms with E-state index in [0.717, 1.165) is 25.3 Å². The molecule has 116 valence electrons. The van der Waals surface area contributed by atoms with Gasteiger partial charge in [0, 0.05) is 6.54 Å². The van der Waals surface area contributed by atoms with Crippen LogP contribution in [0.15, 0.2) is 0 Å². The summed E-state index contributed by atoms with van der Waals surface area (Å²) in [5.74, 6) is 1.46. The molecule has 21 heavy (non-hydrogen) atoms. The minimum absolute atomic E-state index is 0.0526. The van der Waals surface area contributed by atoms with E-state index >= 15 is 0 Å². The molecule has 0 radical (unpaired) electrons. The summed E-state index contributed by atoms with van der Waals surface area (Å²) in [7, 11) is 0. The Kier molecular flexibility index (Phi) is 3.23. The maximum absolute atomic E-state index is 12.8. The van der Waals surface area contributed by atoms with Gasteiger partial charge in [-0.1, -0.05) is 19.3 Å². The Balaban J connectivity index is 1.46. The highest BCUT2D eigenvalue weighted by Gasteiger charge is 2.55. The zero-order valence-electron chi connectivity index (χ0n) is 12.8. The Hall–Kier alpha value is -1.06. The summed E-state index contributed by atoms with van der Waals surface area (Å²) < 4.78 is 0. The first-order valence-electron chi connectivity index (χ1n) is 8.76. The second-order valence-corrected chi connectivity index (χ2v) is 7.77. The summed E-state index contributed by atoms with van der Waals surface area (Å²) in [5, 5.41) is 2.99. The van der Waals surface area contributed by atoms with Crippen molar-refractivity contribution in [3.8, 4) is 0 Å². The molecule has 1 saturated heterocycles. The van der Waals surface area contributed by atoms with Gasteiger partial charge in [-0.3, -0.25) is 9.59 Å². The van der Waals surface area contributed by atoms with Gasteiger partial charge in [-0.2, -0.15) is 0 Å². The van der Waals surface area contributed by atoms with Gasteiger partial charge in [0.05, 0.1) is 6.54 Å². The lowest BCUT2D eigenvalue weighted by Gasteiger charge is -2.39. The molecule has 2 amide bonds. The summed E-state index contributed by atoms with van der Waals surface area (Å²) in [6, 6.07) is -0.235. The summed E-state index contributed by atoms with van der Waals surface area (Å²) in [6.07, 6.45) is 11.1. The van der Waals surface area contributed by atoms with Crippen LogP contribution in [-0.2, 0) is 9.59 Å². The molecule has 0 aromatic rings. The number of carbonyl (C=O) groups excluding carboxylic acids is 2. The smallest absolute Gasteiger partial charge is 0.245 e. The van der Waals surface area contributed by atoms with Gasteiger partial charge < -0.3 is 10.2 Å². The Bertz CT molecular complexity index is 448. The monoisotopic (exact) mass is 290 g/mol. The van der Waals surface area contributed by atoms with Crippen LogP contribution in [0.4, 0.5) is 0 Å². The topological polar surface area (TPSA) is 49.4 Å². The molecule has 0 bridgehead atoms. The molecule has 1 unspecified atom stereocenters. The van der Waals surface area contributed by atoms with Crippen molar-refractivity contribution in [3.63, 3.8) is 0 Å². The van der Waals surface area contributed by atoms with Crippen molar-refractivity contribution in [2.45, 2.75) is 63.8 Å². The first-order chi connectivity index (χ1) is 10.2. The average Bonchev–Trinajstić information content (AvgIpc) is 3.36. The van der Waals surface area contributed by atoms with Gasteiger partial charge in [-0.15, -0.1) is 0 Å². The van der Waals surface area contributed by atoms with Crippen molar-refractivity contribution in [2.24, 2.45) is 17.3 Å². The number of carbonyl (C=O) groups is 2. The van der Waals surface area contributed by atoms with Gasteiger partial charge in [0.1, 0.15) is 6.04 Å². The van der Waals surface area contributed by atoms with E-state index in [1.807, 2.05) is 4.90 Å². The number of hydrogen-bond donors (Lipinski definition) is 1. The maximum atomic E-state index is 12.8. The van der Waals surface area contributed by atoms with Gasteiger partial charge in [0.15, 0.2) is 0 Å². The van der Waals surface area contributed by atoms with Crippen LogP contribution in [0.5, 0.6) is 0 Å². The van der Waals surface area contributed by atoms with E-state index in [1.54, 1.807) is 0 Å². The van der Waals surface area contributed by atoms with Crippen LogP contribution in [-0.4, -0.2) is 35.8 Å². The van der Waals surface area contributed by atoms with Crippen molar-refractivity contribution >= 4 is 11.8 Å². The fourth-order valence-corrected chi connectivity index (χ4v) is 4.58. The van der Waals surface area contributed by atoms with Crippen LogP contribution < -0.4 is 5.32 Å². The molecule has 1 aliphatic heterocycles. The molecule has 4 rings (SSSR count). The van der Waals surface area contributed by atoms with E-state index in [0.29, 0.717) is 11.3 Å². The Morgan fingerprint density at radius 3 is 2.38 bits per heavy atom. The van der Waals surface area contributed by atoms with E-state index in [-0.39, 0.29) is 24.4 Å². The molecule has 4 nitrogen and oxygen atoms in total. The second kappa shape index (κ2) is 4.99. The summed E-state index contributed by atoms with van der Waals surface area (Å²) in [6.45, 7) is 1.13. The van der Waals surface area contributed by atoms with E-state index in [9.17, 15) is 9.59 Å². The highest BCUT2D eigenvalue weighted by Crippen LogP contribution is 2.61. The minimum Gasteiger partial charge on any atom is -0.342 e. The lowest BCUT2D eigenvalue weighted by Crippen LogP contribution is -2.61. The average molecular weight is 290 g/mol. The molecular formula is C17H26N2O2. The minimum atomic E-state index is -0.235. The predicted octanol–water partition coefficient (Wildman–Crippen LogP) is 2.08. The molecular weight excluding hydrogens is 264 g/mol. The normalized spacial score (nSPS) is 33.0. The maximum Gasteiger partial charge on any atom is 0.245 e. The fourth-order valence-electron chi connectivity index (χ4n) is 4.58. The predicted molar refractivity (Wildman–Crippen MR) is 79.5 cm³/mol. The second-order valence-electron chi connectivity index (χ2n) is 7.77. The van der Waals surface area contributed by atoms with Crippen LogP contribution in [0.2, 0.25) is 0 Å². The van der Waals surface area contributed by atoms with Crippen molar-refractivity contribution in [1.29, 1.82) is 0 Å². The third kappa shape index (κ3) is 2.58. The number of piperazine rings is 1. The largest absolute Gasteiger partial charge is 0.342 e. The van der Waals surface area contributed by atoms with E-state index in [1.165, 1.54) is 44.9 Å². The van der Waals surface area contributed by atoms with Crippen LogP contribution in [0.25, 0.3) is 0 Å². The van der Waals surface area contributed by atoms with Gasteiger partial charge in [-0.25, -0.2) is 0 Å². The van der Waals surface area contributed by atoms with E-state index < -0.39 is 0 Å². The standard InChI is InChI=1S/C17H26N2O2/c20-14-10-19(11-17(8-9-17)13-6-7-13)16(21)15(18-14)12-4-2-1-3-5-12/h12-13,15H,1-11H2,(H,18,20). The van der Waals surface area contributed by atoms with Gasteiger partial charge >= 0.3 is 0 Å². The number of amides is 2. The molecule has 3 aliphatic carbocycles. The first kappa shape index (κ1) is 13.6. The zero-order valence-corrected chi connectivity index (χ0v) is 12.8. The lowest BCUT2D eigenvalue weighted by atomic mass is 9.82. The Labute approximate surface area is 126 Å². The van der Waals surface area contributed by atoms with Gasteiger partial charge in [0.2, 0.25) is 11.8 Å². The number of nitrogens with zero attached hydrogens (tertiary/aromatic N) is 1. The lowest BCUT2D eigenvalue weighted by molar-refractivity contribution is -0.147. The van der Waals surface area contributed by atoms with Crippen molar-refractivity contribution in [2.75, 3.05) is 13.1 Å². The number of nitrogens with one attached hydrogen (secondary N) is 1. The number of rotatable bonds is 4. The van der Waals surface area contributed by atoms with Crippen LogP contribution in [0, 0.1) is 17.3 Å². The Morgan fingerprint density at radius 1 is 1.05 bits per heavy atom. The number of hydrogen-bond acceptors (Lipinski definition) is 2. The highest BCUT2D eigenvalue weighted by atomic mass is 16.2. The molecule has 1 heterocycles. The molecule has 4 aliphatic rings. The zero-order chi connectivity index (χ0) is 14.4. The summed E-state index contributed by atoms with van der Waals surface area (Å²) in [4.78, 5) is 26.8. The molecule has 1 atom stereocenters. The van der Waals surface area contributed by atoms with Crippen LogP contribution >= 0.6 is 0 Å². The molecule has 4 heteroatoms. The molecule has 0 aromatic heterocycles. The molecule has 0 spiro atoms. The summed E-state index contributed by atoms with van der Waals surface area (Å²) in [5.41, 5.74) is 0.393. The quantitative estimate of drug-likeness (QED) is 0.862. The van der Waals surface area contributed by atoms with Crippen molar-refractivity contribution < 1.29 is 9.59 Å². The first-order valence-corrected chi connectivity index (χ1v) is 8.76. The SMILES string of the molecule is O=C1CN(CC2(C3CC3)CC2)C(=O)C(C2CCCCC2)N1. The van der Waals surface area contributed by atoms with E-state index in [2.05, 4.69) is 5.32 Å². The van der Waals surface area contributed by atoms with Crippen molar-refractivity contribution in [3.05, 3.63) is 0 Å². The molecule has 1 N–H and O–H groups in total. The molecule has 4 fully saturated rings. The fraction of sp³-hybridized carbons (Fsp3) is 0.882. The molecule has 3 saturated carbocycles. The molecule has 0 aromatic carbocycles. The van der Waals surface area contributed by atoms with Gasteiger partial charge in [0.25, 0.3) is 0 Å². The Morgan fingerprint density at radius 2 is 1.76 bits per heavy atom. The van der Waals surface area contributed by atoms with E-state index in [4.69, 9.17) is 0 Å². The van der Waals surface area contributed by atoms with Crippen molar-refractivity contribution in [1.82, 2.24) is 10.2 Å². The van der Waals surface area contributed by atoms with Crippen LogP contribution in [0.3, 0.4) is 0 Å². The third-order valence-corrected chi connectivity index (χ3v) is 6.19. The summed E-state index contributed by atoms with van der Waals surface area (Å²) >= 11 is 0. The highest BCUT2D eigenvalue weighted by molar-refractivity contribution is 5.95. The van der Waals surface area contributed by atoms with Crippen LogP contribution in [0.1, 0.15) is 57.8 Å². The van der Waals surface area contributed by atoms with Gasteiger partial charge in [-0.05, 0) is 55.8 Å².